The Balaban J connectivity index is 1.38. The third-order valence-electron chi connectivity index (χ3n) is 6.14. The Morgan fingerprint density at radius 1 is 1.04 bits per heavy atom. The van der Waals surface area contributed by atoms with Gasteiger partial charge in [0.1, 0.15) is 5.82 Å². The van der Waals surface area contributed by atoms with E-state index in [4.69, 9.17) is 4.98 Å². The lowest BCUT2D eigenvalue weighted by Crippen LogP contribution is -2.43. The number of H-pyrrole nitrogens is 1. The summed E-state index contributed by atoms with van der Waals surface area (Å²) >= 11 is 0. The van der Waals surface area contributed by atoms with Crippen molar-refractivity contribution in [2.45, 2.75) is 65.5 Å². The molecule has 2 N–H and O–H groups in total. The van der Waals surface area contributed by atoms with E-state index in [2.05, 4.69) is 64.1 Å². The van der Waals surface area contributed by atoms with Crippen LogP contribution < -0.4 is 15.1 Å². The minimum absolute atomic E-state index is 0.318. The summed E-state index contributed by atoms with van der Waals surface area (Å²) in [6.07, 6.45) is 4.75. The molecule has 2 aromatic heterocycles. The standard InChI is InChI=1S/C21H33N7/c1-14-13-19(24-21(22-14)28-9-5-6-10-28)27-11-7-18(8-12-27)23-15(2)20-16(3)25-26-17(20)4/h13,15,18,23H,5-12H2,1-4H3,(H,25,26)/t15-/m1/s1. The van der Waals surface area contributed by atoms with Crippen LogP contribution in [0.5, 0.6) is 0 Å². The van der Waals surface area contributed by atoms with Gasteiger partial charge in [0.25, 0.3) is 0 Å². The molecule has 0 amide bonds. The SMILES string of the molecule is Cc1cc(N2CCC(N[C@H](C)c3c(C)n[nH]c3C)CC2)nc(N2CCCC2)n1. The predicted molar refractivity (Wildman–Crippen MR) is 113 cm³/mol. The van der Waals surface area contributed by atoms with Crippen molar-refractivity contribution in [1.29, 1.82) is 0 Å². The highest BCUT2D eigenvalue weighted by atomic mass is 15.3. The fourth-order valence-corrected chi connectivity index (χ4v) is 4.67. The van der Waals surface area contributed by atoms with Crippen molar-refractivity contribution < 1.29 is 0 Å². The van der Waals surface area contributed by atoms with Crippen LogP contribution in [0.3, 0.4) is 0 Å². The first-order valence-corrected chi connectivity index (χ1v) is 10.6. The van der Waals surface area contributed by atoms with Crippen LogP contribution in [0.2, 0.25) is 0 Å². The monoisotopic (exact) mass is 383 g/mol. The molecule has 2 saturated heterocycles. The molecule has 0 spiro atoms. The number of hydrogen-bond donors (Lipinski definition) is 2. The van der Waals surface area contributed by atoms with E-state index in [1.165, 1.54) is 24.1 Å². The van der Waals surface area contributed by atoms with Gasteiger partial charge in [-0.2, -0.15) is 10.1 Å². The Hall–Kier alpha value is -2.15. The molecule has 4 rings (SSSR count). The van der Waals surface area contributed by atoms with E-state index in [1.54, 1.807) is 0 Å². The van der Waals surface area contributed by atoms with E-state index >= 15 is 0 Å². The van der Waals surface area contributed by atoms with E-state index in [1.807, 2.05) is 0 Å². The van der Waals surface area contributed by atoms with Crippen molar-refractivity contribution in [1.82, 2.24) is 25.5 Å². The second-order valence-corrected chi connectivity index (χ2v) is 8.36. The van der Waals surface area contributed by atoms with Gasteiger partial charge in [-0.15, -0.1) is 0 Å². The van der Waals surface area contributed by atoms with Crippen LogP contribution in [0.25, 0.3) is 0 Å². The zero-order valence-corrected chi connectivity index (χ0v) is 17.6. The van der Waals surface area contributed by atoms with E-state index < -0.39 is 0 Å². The summed E-state index contributed by atoms with van der Waals surface area (Å²) in [5.74, 6) is 2.00. The van der Waals surface area contributed by atoms with E-state index in [0.717, 1.165) is 62.2 Å². The smallest absolute Gasteiger partial charge is 0.227 e. The largest absolute Gasteiger partial charge is 0.356 e. The molecule has 2 fully saturated rings. The maximum atomic E-state index is 4.90. The minimum Gasteiger partial charge on any atom is -0.356 e. The van der Waals surface area contributed by atoms with Crippen LogP contribution in [0.15, 0.2) is 6.07 Å². The highest BCUT2D eigenvalue weighted by Crippen LogP contribution is 2.25. The summed E-state index contributed by atoms with van der Waals surface area (Å²) < 4.78 is 0. The molecule has 0 aromatic carbocycles. The van der Waals surface area contributed by atoms with Gasteiger partial charge in [0.15, 0.2) is 0 Å². The topological polar surface area (TPSA) is 73.0 Å². The molecule has 0 unspecified atom stereocenters. The zero-order chi connectivity index (χ0) is 19.7. The molecule has 7 nitrogen and oxygen atoms in total. The third kappa shape index (κ3) is 3.99. The number of piperidine rings is 1. The van der Waals surface area contributed by atoms with Gasteiger partial charge in [-0.3, -0.25) is 5.10 Å². The molecule has 4 heterocycles. The van der Waals surface area contributed by atoms with Gasteiger partial charge < -0.3 is 15.1 Å². The van der Waals surface area contributed by atoms with Gasteiger partial charge in [0.05, 0.1) is 5.69 Å². The summed E-state index contributed by atoms with van der Waals surface area (Å²) in [5, 5.41) is 11.3. The lowest BCUT2D eigenvalue weighted by atomic mass is 10.0. The number of nitrogens with zero attached hydrogens (tertiary/aromatic N) is 5. The fraction of sp³-hybridized carbons (Fsp3) is 0.667. The first kappa shape index (κ1) is 19.2. The van der Waals surface area contributed by atoms with Crippen molar-refractivity contribution in [3.63, 3.8) is 0 Å². The zero-order valence-electron chi connectivity index (χ0n) is 17.6. The van der Waals surface area contributed by atoms with E-state index in [-0.39, 0.29) is 0 Å². The molecule has 1 atom stereocenters. The van der Waals surface area contributed by atoms with Crippen LogP contribution in [0.4, 0.5) is 11.8 Å². The van der Waals surface area contributed by atoms with Crippen LogP contribution in [0, 0.1) is 20.8 Å². The Bertz CT molecular complexity index is 782. The molecule has 0 radical (unpaired) electrons. The first-order valence-electron chi connectivity index (χ1n) is 10.6. The number of anilines is 2. The van der Waals surface area contributed by atoms with Crippen molar-refractivity contribution in [3.8, 4) is 0 Å². The highest BCUT2D eigenvalue weighted by Gasteiger charge is 2.25. The summed E-state index contributed by atoms with van der Waals surface area (Å²) in [7, 11) is 0. The Kier molecular flexibility index (Phi) is 5.53. The van der Waals surface area contributed by atoms with Crippen molar-refractivity contribution in [2.24, 2.45) is 0 Å². The molecular formula is C21H33N7. The predicted octanol–water partition coefficient (Wildman–Crippen LogP) is 3.04. The summed E-state index contributed by atoms with van der Waals surface area (Å²) in [6, 6.07) is 2.98. The number of aromatic amines is 1. The number of aromatic nitrogens is 4. The molecule has 2 aromatic rings. The van der Waals surface area contributed by atoms with Gasteiger partial charge in [0, 0.05) is 61.3 Å². The Labute approximate surface area is 167 Å². The Morgan fingerprint density at radius 2 is 1.75 bits per heavy atom. The van der Waals surface area contributed by atoms with Gasteiger partial charge in [-0.25, -0.2) is 4.98 Å². The number of nitrogens with one attached hydrogen (secondary N) is 2. The molecule has 2 aliphatic rings. The van der Waals surface area contributed by atoms with Crippen molar-refractivity contribution in [2.75, 3.05) is 36.0 Å². The van der Waals surface area contributed by atoms with Gasteiger partial charge in [0.2, 0.25) is 5.95 Å². The first-order chi connectivity index (χ1) is 13.5. The Morgan fingerprint density at radius 3 is 2.39 bits per heavy atom. The molecule has 0 bridgehead atoms. The van der Waals surface area contributed by atoms with E-state index in [0.29, 0.717) is 12.1 Å². The second kappa shape index (κ2) is 8.07. The van der Waals surface area contributed by atoms with Crippen LogP contribution in [-0.4, -0.2) is 52.4 Å². The summed E-state index contributed by atoms with van der Waals surface area (Å²) in [6.45, 7) is 12.7. The van der Waals surface area contributed by atoms with Crippen LogP contribution in [-0.2, 0) is 0 Å². The fourth-order valence-electron chi connectivity index (χ4n) is 4.67. The van der Waals surface area contributed by atoms with Crippen molar-refractivity contribution >= 4 is 11.8 Å². The number of hydrogen-bond acceptors (Lipinski definition) is 6. The summed E-state index contributed by atoms with van der Waals surface area (Å²) in [4.78, 5) is 14.3. The van der Waals surface area contributed by atoms with Gasteiger partial charge >= 0.3 is 0 Å². The van der Waals surface area contributed by atoms with E-state index in [9.17, 15) is 0 Å². The molecule has 28 heavy (non-hydrogen) atoms. The maximum Gasteiger partial charge on any atom is 0.227 e. The minimum atomic E-state index is 0.318. The maximum absolute atomic E-state index is 4.90. The molecule has 0 saturated carbocycles. The average molecular weight is 384 g/mol. The molecule has 7 heteroatoms. The summed E-state index contributed by atoms with van der Waals surface area (Å²) in [5.41, 5.74) is 4.64. The third-order valence-corrected chi connectivity index (χ3v) is 6.14. The normalized spacial score (nSPS) is 19.4. The van der Waals surface area contributed by atoms with Gasteiger partial charge in [-0.1, -0.05) is 0 Å². The molecule has 152 valence electrons. The molecule has 0 aliphatic carbocycles. The van der Waals surface area contributed by atoms with Crippen LogP contribution in [0.1, 0.15) is 61.3 Å². The average Bonchev–Trinajstić information content (AvgIpc) is 3.32. The molecule has 2 aliphatic heterocycles. The molecular weight excluding hydrogens is 350 g/mol. The quantitative estimate of drug-likeness (QED) is 0.827. The lowest BCUT2D eigenvalue weighted by Gasteiger charge is -2.35. The van der Waals surface area contributed by atoms with Gasteiger partial charge in [-0.05, 0) is 53.4 Å². The van der Waals surface area contributed by atoms with Crippen molar-refractivity contribution in [3.05, 3.63) is 28.7 Å². The lowest BCUT2D eigenvalue weighted by molar-refractivity contribution is 0.379. The second-order valence-electron chi connectivity index (χ2n) is 8.36. The highest BCUT2D eigenvalue weighted by molar-refractivity contribution is 5.46. The number of rotatable bonds is 5. The number of aryl methyl sites for hydroxylation is 3. The van der Waals surface area contributed by atoms with Crippen LogP contribution >= 0.6 is 0 Å².